The number of carbonyl (C=O) groups excluding carboxylic acids is 1. The molecule has 0 aliphatic heterocycles. The van der Waals surface area contributed by atoms with Gasteiger partial charge in [0.2, 0.25) is 0 Å². The summed E-state index contributed by atoms with van der Waals surface area (Å²) in [5.41, 5.74) is 0.512. The molecule has 12 heavy (non-hydrogen) atoms. The van der Waals surface area contributed by atoms with Crippen LogP contribution in [-0.4, -0.2) is 23.1 Å². The number of ether oxygens (including phenoxy) is 1. The third-order valence-corrected chi connectivity index (χ3v) is 1.34. The monoisotopic (exact) mass is 172 g/mol. The molecule has 0 spiro atoms. The quantitative estimate of drug-likeness (QED) is 0.509. The van der Waals surface area contributed by atoms with Gasteiger partial charge in [0.05, 0.1) is 0 Å². The fraction of sp³-hybridized carbons (Fsp3) is 0.500. The molecule has 0 radical (unpaired) electrons. The molecule has 0 aromatic carbocycles. The van der Waals surface area contributed by atoms with Crippen molar-refractivity contribution in [3.63, 3.8) is 0 Å². The van der Waals surface area contributed by atoms with Gasteiger partial charge in [-0.3, -0.25) is 4.79 Å². The van der Waals surface area contributed by atoms with Gasteiger partial charge in [-0.25, -0.2) is 4.79 Å². The molecule has 0 aromatic rings. The van der Waals surface area contributed by atoms with Crippen LogP contribution < -0.4 is 0 Å². The third kappa shape index (κ3) is 4.49. The van der Waals surface area contributed by atoms with E-state index >= 15 is 0 Å². The lowest BCUT2D eigenvalue weighted by atomic mass is 10.2. The number of carbonyl (C=O) groups is 2. The summed E-state index contributed by atoms with van der Waals surface area (Å²) in [6, 6.07) is 0. The molecule has 0 amide bonds. The van der Waals surface area contributed by atoms with Crippen molar-refractivity contribution in [3.05, 3.63) is 11.6 Å². The van der Waals surface area contributed by atoms with Gasteiger partial charge in [0, 0.05) is 13.0 Å². The van der Waals surface area contributed by atoms with Crippen LogP contribution in [0.2, 0.25) is 0 Å². The fourth-order valence-electron chi connectivity index (χ4n) is 0.654. The molecular weight excluding hydrogens is 160 g/mol. The van der Waals surface area contributed by atoms with Crippen molar-refractivity contribution < 1.29 is 19.4 Å². The smallest absolute Gasteiger partial charge is 0.328 e. The molecule has 0 aromatic heterocycles. The maximum Gasteiger partial charge on any atom is 0.328 e. The van der Waals surface area contributed by atoms with Crippen LogP contribution in [0.15, 0.2) is 11.6 Å². The van der Waals surface area contributed by atoms with Gasteiger partial charge in [0.15, 0.2) is 0 Å². The zero-order chi connectivity index (χ0) is 9.72. The van der Waals surface area contributed by atoms with Crippen molar-refractivity contribution >= 4 is 11.9 Å². The highest BCUT2D eigenvalue weighted by Gasteiger charge is 2.08. The lowest BCUT2D eigenvalue weighted by Gasteiger charge is -2.11. The number of rotatable bonds is 3. The van der Waals surface area contributed by atoms with Gasteiger partial charge in [-0.15, -0.1) is 0 Å². The first kappa shape index (κ1) is 10.7. The predicted molar refractivity (Wildman–Crippen MR) is 42.6 cm³/mol. The summed E-state index contributed by atoms with van der Waals surface area (Å²) in [6.07, 6.45) is 0.548. The number of hydrogen-bond acceptors (Lipinski definition) is 3. The number of carboxylic acid groups (broad SMARTS) is 1. The molecule has 4 nitrogen and oxygen atoms in total. The van der Waals surface area contributed by atoms with Crippen molar-refractivity contribution in [1.82, 2.24) is 0 Å². The first-order valence-electron chi connectivity index (χ1n) is 3.52. The first-order valence-corrected chi connectivity index (χ1v) is 3.52. The Balaban J connectivity index is 4.18. The predicted octanol–water partition coefficient (Wildman–Crippen LogP) is 0.969. The Kier molecular flexibility index (Phi) is 4.04. The molecule has 0 saturated heterocycles. The summed E-state index contributed by atoms with van der Waals surface area (Å²) in [4.78, 5) is 20.6. The second kappa shape index (κ2) is 4.54. The summed E-state index contributed by atoms with van der Waals surface area (Å²) >= 11 is 0. The van der Waals surface area contributed by atoms with E-state index in [2.05, 4.69) is 0 Å². The molecule has 68 valence electrons. The molecule has 4 heteroatoms. The molecule has 0 aliphatic carbocycles. The van der Waals surface area contributed by atoms with Crippen molar-refractivity contribution in [2.75, 3.05) is 0 Å². The van der Waals surface area contributed by atoms with Gasteiger partial charge in [-0.1, -0.05) is 0 Å². The highest BCUT2D eigenvalue weighted by Crippen LogP contribution is 2.04. The third-order valence-electron chi connectivity index (χ3n) is 1.34. The van der Waals surface area contributed by atoms with Crippen LogP contribution in [0.1, 0.15) is 20.8 Å². The molecule has 0 heterocycles. The van der Waals surface area contributed by atoms with Crippen LogP contribution in [-0.2, 0) is 14.3 Å². The molecule has 0 bridgehead atoms. The van der Waals surface area contributed by atoms with Gasteiger partial charge in [-0.2, -0.15) is 0 Å². The Morgan fingerprint density at radius 3 is 2.25 bits per heavy atom. The molecule has 1 atom stereocenters. The highest BCUT2D eigenvalue weighted by molar-refractivity contribution is 5.80. The van der Waals surface area contributed by atoms with E-state index in [1.165, 1.54) is 6.92 Å². The van der Waals surface area contributed by atoms with Crippen LogP contribution in [0.5, 0.6) is 0 Å². The average Bonchev–Trinajstić information content (AvgIpc) is 1.84. The van der Waals surface area contributed by atoms with Crippen molar-refractivity contribution in [2.45, 2.75) is 26.9 Å². The Morgan fingerprint density at radius 1 is 1.42 bits per heavy atom. The van der Waals surface area contributed by atoms with Gasteiger partial charge in [-0.05, 0) is 19.4 Å². The standard InChI is InChI=1S/C8H12O4/c1-5(4-8(10)11)6(2)12-7(3)9/h4,6H,1-3H3,(H,10,11)/b5-4+/t6-/m0/s1. The number of carboxylic acids is 1. The normalized spacial score (nSPS) is 13.8. The average molecular weight is 172 g/mol. The maximum atomic E-state index is 10.4. The lowest BCUT2D eigenvalue weighted by molar-refractivity contribution is -0.144. The van der Waals surface area contributed by atoms with E-state index in [1.807, 2.05) is 0 Å². The first-order chi connectivity index (χ1) is 5.43. The summed E-state index contributed by atoms with van der Waals surface area (Å²) in [5, 5.41) is 8.35. The maximum absolute atomic E-state index is 10.4. The zero-order valence-electron chi connectivity index (χ0n) is 7.33. The molecule has 0 fully saturated rings. The Bertz CT molecular complexity index is 217. The van der Waals surface area contributed by atoms with Gasteiger partial charge < -0.3 is 9.84 Å². The summed E-state index contributed by atoms with van der Waals surface area (Å²) < 4.78 is 4.74. The second-order valence-electron chi connectivity index (χ2n) is 2.48. The van der Waals surface area contributed by atoms with Crippen LogP contribution in [0.25, 0.3) is 0 Å². The van der Waals surface area contributed by atoms with E-state index in [0.717, 1.165) is 6.08 Å². The Morgan fingerprint density at radius 2 is 1.92 bits per heavy atom. The van der Waals surface area contributed by atoms with Crippen molar-refractivity contribution in [2.24, 2.45) is 0 Å². The van der Waals surface area contributed by atoms with Crippen molar-refractivity contribution in [1.29, 1.82) is 0 Å². The minimum atomic E-state index is -1.04. The number of esters is 1. The number of hydrogen-bond donors (Lipinski definition) is 1. The Labute approximate surface area is 70.8 Å². The minimum Gasteiger partial charge on any atom is -0.478 e. The molecule has 0 unspecified atom stereocenters. The van der Waals surface area contributed by atoms with Gasteiger partial charge >= 0.3 is 11.9 Å². The van der Waals surface area contributed by atoms with Gasteiger partial charge in [0.25, 0.3) is 0 Å². The van der Waals surface area contributed by atoms with E-state index in [9.17, 15) is 9.59 Å². The van der Waals surface area contributed by atoms with Crippen molar-refractivity contribution in [3.8, 4) is 0 Å². The van der Waals surface area contributed by atoms with Crippen LogP contribution in [0, 0.1) is 0 Å². The SMILES string of the molecule is CC(=O)O[C@@H](C)/C(C)=C/C(=O)O. The molecule has 1 N–H and O–H groups in total. The van der Waals surface area contributed by atoms with Gasteiger partial charge in [0.1, 0.15) is 6.10 Å². The molecule has 0 saturated carbocycles. The van der Waals surface area contributed by atoms with Crippen LogP contribution in [0.4, 0.5) is 0 Å². The Hall–Kier alpha value is -1.32. The topological polar surface area (TPSA) is 63.6 Å². The fourth-order valence-corrected chi connectivity index (χ4v) is 0.654. The summed E-state index contributed by atoms with van der Waals surface area (Å²) in [5.74, 6) is -1.45. The summed E-state index contributed by atoms with van der Waals surface area (Å²) in [6.45, 7) is 4.50. The highest BCUT2D eigenvalue weighted by atomic mass is 16.5. The largest absolute Gasteiger partial charge is 0.478 e. The van der Waals surface area contributed by atoms with E-state index < -0.39 is 18.0 Å². The minimum absolute atomic E-state index is 0.416. The van der Waals surface area contributed by atoms with E-state index in [4.69, 9.17) is 9.84 Å². The second-order valence-corrected chi connectivity index (χ2v) is 2.48. The number of aliphatic carboxylic acids is 1. The van der Waals surface area contributed by atoms with Crippen LogP contribution in [0.3, 0.4) is 0 Å². The molecule has 0 rings (SSSR count). The van der Waals surface area contributed by atoms with E-state index in [1.54, 1.807) is 13.8 Å². The van der Waals surface area contributed by atoms with E-state index in [-0.39, 0.29) is 0 Å². The summed E-state index contributed by atoms with van der Waals surface area (Å²) in [7, 11) is 0. The zero-order valence-corrected chi connectivity index (χ0v) is 7.33. The van der Waals surface area contributed by atoms with E-state index in [0.29, 0.717) is 5.57 Å². The molecule has 0 aliphatic rings. The van der Waals surface area contributed by atoms with Crippen LogP contribution >= 0.6 is 0 Å². The molecular formula is C8H12O4. The lowest BCUT2D eigenvalue weighted by Crippen LogP contribution is -2.14.